The summed E-state index contributed by atoms with van der Waals surface area (Å²) >= 11 is 3.38. The highest BCUT2D eigenvalue weighted by Crippen LogP contribution is 2.31. The normalized spacial score (nSPS) is 10.2. The summed E-state index contributed by atoms with van der Waals surface area (Å²) in [4.78, 5) is 12.5. The molecular formula is C18H20BrNO4. The van der Waals surface area contributed by atoms with Crippen molar-refractivity contribution in [3.63, 3.8) is 0 Å². The van der Waals surface area contributed by atoms with E-state index >= 15 is 0 Å². The van der Waals surface area contributed by atoms with E-state index in [0.717, 1.165) is 0 Å². The molecule has 1 N–H and O–H groups in total. The van der Waals surface area contributed by atoms with Gasteiger partial charge in [0.15, 0.2) is 11.5 Å². The van der Waals surface area contributed by atoms with E-state index in [1.807, 2.05) is 13.8 Å². The molecule has 1 amide bonds. The lowest BCUT2D eigenvalue weighted by Crippen LogP contribution is -2.13. The Hall–Kier alpha value is -2.21. The van der Waals surface area contributed by atoms with E-state index in [1.54, 1.807) is 43.5 Å². The molecule has 0 spiro atoms. The maximum Gasteiger partial charge on any atom is 0.256 e. The van der Waals surface area contributed by atoms with Crippen LogP contribution in [-0.4, -0.2) is 26.2 Å². The number of carbonyl (C=O) groups is 1. The number of benzene rings is 2. The molecule has 6 heteroatoms. The van der Waals surface area contributed by atoms with Crippen molar-refractivity contribution in [1.29, 1.82) is 0 Å². The van der Waals surface area contributed by atoms with E-state index in [1.165, 1.54) is 0 Å². The Kier molecular flexibility index (Phi) is 6.49. The third-order valence-electron chi connectivity index (χ3n) is 3.22. The number of nitrogens with one attached hydrogen (secondary N) is 1. The molecule has 0 saturated heterocycles. The fraction of sp³-hybridized carbons (Fsp3) is 0.278. The summed E-state index contributed by atoms with van der Waals surface area (Å²) in [5.41, 5.74) is 1.11. The molecule has 2 aromatic rings. The molecule has 0 bridgehead atoms. The lowest BCUT2D eigenvalue weighted by atomic mass is 10.2. The van der Waals surface area contributed by atoms with Gasteiger partial charge in [-0.25, -0.2) is 0 Å². The molecule has 0 atom stereocenters. The van der Waals surface area contributed by atoms with Crippen LogP contribution in [0.2, 0.25) is 0 Å². The second kappa shape index (κ2) is 8.59. The molecule has 128 valence electrons. The number of ether oxygens (including phenoxy) is 3. The van der Waals surface area contributed by atoms with Crippen molar-refractivity contribution in [3.8, 4) is 17.2 Å². The number of methoxy groups -OCH3 is 1. The van der Waals surface area contributed by atoms with Crippen LogP contribution in [0.3, 0.4) is 0 Å². The number of hydrogen-bond donors (Lipinski definition) is 1. The van der Waals surface area contributed by atoms with Gasteiger partial charge in [-0.2, -0.15) is 0 Å². The van der Waals surface area contributed by atoms with Crippen molar-refractivity contribution >= 4 is 27.5 Å². The van der Waals surface area contributed by atoms with Gasteiger partial charge in [0, 0.05) is 16.2 Å². The highest BCUT2D eigenvalue weighted by atomic mass is 79.9. The third kappa shape index (κ3) is 4.41. The van der Waals surface area contributed by atoms with Gasteiger partial charge in [-0.3, -0.25) is 4.79 Å². The second-order valence-electron chi connectivity index (χ2n) is 4.83. The molecule has 0 aliphatic carbocycles. The highest BCUT2D eigenvalue weighted by Gasteiger charge is 2.13. The number of amides is 1. The SMILES string of the molecule is CCOc1ccc(NC(=O)c2cc(OC)ccc2Br)cc1OCC. The first kappa shape index (κ1) is 18.1. The number of rotatable bonds is 7. The second-order valence-corrected chi connectivity index (χ2v) is 5.68. The fourth-order valence-corrected chi connectivity index (χ4v) is 2.56. The predicted octanol–water partition coefficient (Wildman–Crippen LogP) is 4.51. The minimum absolute atomic E-state index is 0.243. The van der Waals surface area contributed by atoms with Crippen LogP contribution < -0.4 is 19.5 Å². The molecular weight excluding hydrogens is 374 g/mol. The average Bonchev–Trinajstić information content (AvgIpc) is 2.58. The maximum absolute atomic E-state index is 12.5. The molecule has 2 aromatic carbocycles. The Morgan fingerprint density at radius 3 is 2.42 bits per heavy atom. The van der Waals surface area contributed by atoms with Crippen LogP contribution in [0.5, 0.6) is 17.2 Å². The van der Waals surface area contributed by atoms with Gasteiger partial charge >= 0.3 is 0 Å². The zero-order valence-electron chi connectivity index (χ0n) is 13.9. The molecule has 0 unspecified atom stereocenters. The van der Waals surface area contributed by atoms with Gasteiger partial charge in [0.05, 0.1) is 25.9 Å². The Balaban J connectivity index is 2.24. The van der Waals surface area contributed by atoms with Gasteiger partial charge < -0.3 is 19.5 Å². The number of halogens is 1. The van der Waals surface area contributed by atoms with Crippen LogP contribution in [0.25, 0.3) is 0 Å². The number of carbonyl (C=O) groups excluding carboxylic acids is 1. The summed E-state index contributed by atoms with van der Waals surface area (Å²) in [5.74, 6) is 1.62. The number of hydrogen-bond acceptors (Lipinski definition) is 4. The van der Waals surface area contributed by atoms with Crippen molar-refractivity contribution < 1.29 is 19.0 Å². The summed E-state index contributed by atoms with van der Waals surface area (Å²) in [6, 6.07) is 10.5. The van der Waals surface area contributed by atoms with Crippen LogP contribution >= 0.6 is 15.9 Å². The van der Waals surface area contributed by atoms with Gasteiger partial charge in [0.25, 0.3) is 5.91 Å². The maximum atomic E-state index is 12.5. The van der Waals surface area contributed by atoms with E-state index in [9.17, 15) is 4.79 Å². The molecule has 0 heterocycles. The van der Waals surface area contributed by atoms with Crippen LogP contribution in [0.15, 0.2) is 40.9 Å². The smallest absolute Gasteiger partial charge is 0.256 e. The van der Waals surface area contributed by atoms with Gasteiger partial charge in [0.2, 0.25) is 0 Å². The largest absolute Gasteiger partial charge is 0.497 e. The van der Waals surface area contributed by atoms with Crippen molar-refractivity contribution in [1.82, 2.24) is 0 Å². The van der Waals surface area contributed by atoms with E-state index in [0.29, 0.717) is 46.2 Å². The Bertz CT molecular complexity index is 718. The van der Waals surface area contributed by atoms with E-state index in [-0.39, 0.29) is 5.91 Å². The first-order valence-corrected chi connectivity index (χ1v) is 8.42. The van der Waals surface area contributed by atoms with Crippen molar-refractivity contribution in [2.75, 3.05) is 25.6 Å². The molecule has 0 aromatic heterocycles. The zero-order valence-corrected chi connectivity index (χ0v) is 15.5. The van der Waals surface area contributed by atoms with E-state index in [2.05, 4.69) is 21.2 Å². The fourth-order valence-electron chi connectivity index (χ4n) is 2.13. The van der Waals surface area contributed by atoms with Crippen LogP contribution in [0, 0.1) is 0 Å². The minimum atomic E-state index is -0.243. The molecule has 24 heavy (non-hydrogen) atoms. The molecule has 0 saturated carbocycles. The van der Waals surface area contributed by atoms with Crippen LogP contribution in [-0.2, 0) is 0 Å². The summed E-state index contributed by atoms with van der Waals surface area (Å²) in [6.45, 7) is 4.86. The summed E-state index contributed by atoms with van der Waals surface area (Å²) in [6.07, 6.45) is 0. The Labute approximate surface area is 150 Å². The molecule has 0 aliphatic rings. The molecule has 0 radical (unpaired) electrons. The molecule has 0 aliphatic heterocycles. The topological polar surface area (TPSA) is 56.8 Å². The van der Waals surface area contributed by atoms with Gasteiger partial charge in [0.1, 0.15) is 5.75 Å². The molecule has 2 rings (SSSR count). The van der Waals surface area contributed by atoms with Gasteiger partial charge in [-0.05, 0) is 60.1 Å². The first-order valence-electron chi connectivity index (χ1n) is 7.63. The summed E-state index contributed by atoms with van der Waals surface area (Å²) < 4.78 is 17.0. The molecule has 0 fully saturated rings. The lowest BCUT2D eigenvalue weighted by Gasteiger charge is -2.13. The zero-order chi connectivity index (χ0) is 17.5. The monoisotopic (exact) mass is 393 g/mol. The first-order chi connectivity index (χ1) is 11.6. The third-order valence-corrected chi connectivity index (χ3v) is 3.91. The van der Waals surface area contributed by atoms with E-state index in [4.69, 9.17) is 14.2 Å². The lowest BCUT2D eigenvalue weighted by molar-refractivity contribution is 0.102. The minimum Gasteiger partial charge on any atom is -0.497 e. The highest BCUT2D eigenvalue weighted by molar-refractivity contribution is 9.10. The average molecular weight is 394 g/mol. The summed E-state index contributed by atoms with van der Waals surface area (Å²) in [5, 5.41) is 2.86. The van der Waals surface area contributed by atoms with Gasteiger partial charge in [-0.1, -0.05) is 0 Å². The van der Waals surface area contributed by atoms with Crippen LogP contribution in [0.1, 0.15) is 24.2 Å². The van der Waals surface area contributed by atoms with Crippen molar-refractivity contribution in [2.24, 2.45) is 0 Å². The Morgan fingerprint density at radius 1 is 1.04 bits per heavy atom. The standard InChI is InChI=1S/C18H20BrNO4/c1-4-23-16-9-6-12(10-17(16)24-5-2)20-18(21)14-11-13(22-3)7-8-15(14)19/h6-11H,4-5H2,1-3H3,(H,20,21). The quantitative estimate of drug-likeness (QED) is 0.751. The Morgan fingerprint density at radius 2 is 1.75 bits per heavy atom. The molecule has 5 nitrogen and oxygen atoms in total. The predicted molar refractivity (Wildman–Crippen MR) is 97.4 cm³/mol. The summed E-state index contributed by atoms with van der Waals surface area (Å²) in [7, 11) is 1.56. The van der Waals surface area contributed by atoms with Gasteiger partial charge in [-0.15, -0.1) is 0 Å². The van der Waals surface area contributed by atoms with E-state index < -0.39 is 0 Å². The number of anilines is 1. The van der Waals surface area contributed by atoms with Crippen molar-refractivity contribution in [2.45, 2.75) is 13.8 Å². The van der Waals surface area contributed by atoms with Crippen molar-refractivity contribution in [3.05, 3.63) is 46.4 Å². The van der Waals surface area contributed by atoms with Crippen LogP contribution in [0.4, 0.5) is 5.69 Å².